The lowest BCUT2D eigenvalue weighted by molar-refractivity contribution is -0.114. The molecule has 1 aliphatic carbocycles. The molecule has 0 saturated heterocycles. The van der Waals surface area contributed by atoms with Crippen molar-refractivity contribution in [3.05, 3.63) is 65.7 Å². The summed E-state index contributed by atoms with van der Waals surface area (Å²) in [6, 6.07) is 16.6. The summed E-state index contributed by atoms with van der Waals surface area (Å²) in [5.41, 5.74) is 2.66. The van der Waals surface area contributed by atoms with Gasteiger partial charge in [-0.2, -0.15) is 0 Å². The molecular weight excluding hydrogens is 238 g/mol. The molecule has 0 N–H and O–H groups in total. The molecular formula is C16H11NO2. The van der Waals surface area contributed by atoms with E-state index < -0.39 is 11.6 Å². The maximum atomic E-state index is 11.8. The van der Waals surface area contributed by atoms with E-state index in [1.165, 1.54) is 0 Å². The summed E-state index contributed by atoms with van der Waals surface area (Å²) >= 11 is 0. The Morgan fingerprint density at radius 2 is 1.42 bits per heavy atom. The molecule has 0 spiro atoms. The molecule has 0 amide bonds. The van der Waals surface area contributed by atoms with Crippen molar-refractivity contribution >= 4 is 23.0 Å². The molecule has 1 aliphatic rings. The first-order valence-electron chi connectivity index (χ1n) is 6.05. The third-order valence-electron chi connectivity index (χ3n) is 3.08. The molecule has 3 rings (SSSR count). The zero-order valence-corrected chi connectivity index (χ0v) is 10.2. The van der Waals surface area contributed by atoms with E-state index in [-0.39, 0.29) is 6.42 Å². The van der Waals surface area contributed by atoms with Crippen molar-refractivity contribution in [3.8, 4) is 0 Å². The van der Waals surface area contributed by atoms with Crippen molar-refractivity contribution in [2.45, 2.75) is 6.42 Å². The van der Waals surface area contributed by atoms with Crippen LogP contribution in [0, 0.1) is 0 Å². The molecule has 2 aromatic carbocycles. The predicted octanol–water partition coefficient (Wildman–Crippen LogP) is 2.96. The van der Waals surface area contributed by atoms with E-state index in [0.717, 1.165) is 11.3 Å². The summed E-state index contributed by atoms with van der Waals surface area (Å²) in [6.07, 6.45) is 0.0741. The Bertz CT molecular complexity index is 687. The zero-order chi connectivity index (χ0) is 13.2. The molecule has 0 unspecified atom stereocenters. The molecule has 0 fully saturated rings. The average Bonchev–Trinajstić information content (AvgIpc) is 2.46. The van der Waals surface area contributed by atoms with Crippen LogP contribution in [0.1, 0.15) is 22.3 Å². The van der Waals surface area contributed by atoms with E-state index in [2.05, 4.69) is 4.99 Å². The van der Waals surface area contributed by atoms with Crippen LogP contribution in [0.2, 0.25) is 0 Å². The first-order chi connectivity index (χ1) is 9.25. The highest BCUT2D eigenvalue weighted by molar-refractivity contribution is 6.51. The van der Waals surface area contributed by atoms with Crippen LogP contribution in [0.25, 0.3) is 0 Å². The maximum Gasteiger partial charge on any atom is 0.229 e. The van der Waals surface area contributed by atoms with Crippen molar-refractivity contribution in [3.63, 3.8) is 0 Å². The predicted molar refractivity (Wildman–Crippen MR) is 73.0 cm³/mol. The lowest BCUT2D eigenvalue weighted by Gasteiger charge is -2.15. The lowest BCUT2D eigenvalue weighted by Crippen LogP contribution is -2.27. The summed E-state index contributed by atoms with van der Waals surface area (Å²) in [5.74, 6) is -0.809. The second-order valence-corrected chi connectivity index (χ2v) is 4.37. The van der Waals surface area contributed by atoms with Crippen molar-refractivity contribution in [2.75, 3.05) is 0 Å². The Labute approximate surface area is 110 Å². The van der Waals surface area contributed by atoms with E-state index in [0.29, 0.717) is 11.3 Å². The number of ketones is 2. The number of benzene rings is 2. The first-order valence-corrected chi connectivity index (χ1v) is 6.05. The minimum atomic E-state index is -0.414. The molecule has 3 heteroatoms. The van der Waals surface area contributed by atoms with Crippen LogP contribution in [0.3, 0.4) is 0 Å². The minimum Gasteiger partial charge on any atom is -0.290 e. The monoisotopic (exact) mass is 249 g/mol. The smallest absolute Gasteiger partial charge is 0.229 e. The van der Waals surface area contributed by atoms with E-state index in [1.54, 1.807) is 12.1 Å². The number of rotatable bonds is 1. The average molecular weight is 249 g/mol. The van der Waals surface area contributed by atoms with Gasteiger partial charge < -0.3 is 0 Å². The topological polar surface area (TPSA) is 46.5 Å². The number of nitrogens with zero attached hydrogens (tertiary/aromatic N) is 1. The Kier molecular flexibility index (Phi) is 2.80. The van der Waals surface area contributed by atoms with Gasteiger partial charge in [0.15, 0.2) is 0 Å². The van der Waals surface area contributed by atoms with Crippen molar-refractivity contribution in [2.24, 2.45) is 4.99 Å². The molecule has 2 aromatic rings. The Morgan fingerprint density at radius 1 is 0.789 bits per heavy atom. The molecule has 92 valence electrons. The molecule has 0 radical (unpaired) electrons. The maximum absolute atomic E-state index is 11.8. The third-order valence-corrected chi connectivity index (χ3v) is 3.08. The Hall–Kier alpha value is -2.55. The molecule has 0 heterocycles. The van der Waals surface area contributed by atoms with Crippen LogP contribution >= 0.6 is 0 Å². The van der Waals surface area contributed by atoms with Gasteiger partial charge in [0.1, 0.15) is 0 Å². The van der Waals surface area contributed by atoms with Crippen LogP contribution in [0.5, 0.6) is 0 Å². The zero-order valence-electron chi connectivity index (χ0n) is 10.2. The summed E-state index contributed by atoms with van der Waals surface area (Å²) < 4.78 is 0. The van der Waals surface area contributed by atoms with Gasteiger partial charge in [-0.15, -0.1) is 0 Å². The fourth-order valence-electron chi connectivity index (χ4n) is 2.17. The molecule has 0 atom stereocenters. The van der Waals surface area contributed by atoms with Gasteiger partial charge in [-0.3, -0.25) is 14.6 Å². The summed E-state index contributed by atoms with van der Waals surface area (Å²) in [5, 5.41) is 0. The normalized spacial score (nSPS) is 16.5. The van der Waals surface area contributed by atoms with Crippen LogP contribution < -0.4 is 0 Å². The Balaban J connectivity index is 2.14. The SMILES string of the molecule is O=C1CC(=Nc2ccccc2)c2ccccc2C1=O. The number of para-hydroxylation sites is 1. The van der Waals surface area contributed by atoms with E-state index in [9.17, 15) is 9.59 Å². The van der Waals surface area contributed by atoms with Gasteiger partial charge in [0.2, 0.25) is 11.6 Å². The van der Waals surface area contributed by atoms with Gasteiger partial charge >= 0.3 is 0 Å². The van der Waals surface area contributed by atoms with Crippen molar-refractivity contribution < 1.29 is 9.59 Å². The molecule has 19 heavy (non-hydrogen) atoms. The lowest BCUT2D eigenvalue weighted by atomic mass is 9.88. The van der Waals surface area contributed by atoms with Gasteiger partial charge in [-0.05, 0) is 12.1 Å². The van der Waals surface area contributed by atoms with Gasteiger partial charge in [-0.1, -0.05) is 42.5 Å². The molecule has 0 saturated carbocycles. The number of hydrogen-bond donors (Lipinski definition) is 0. The number of carbonyl (C=O) groups excluding carboxylic acids is 2. The van der Waals surface area contributed by atoms with Crippen LogP contribution in [0.15, 0.2) is 59.6 Å². The Morgan fingerprint density at radius 3 is 2.16 bits per heavy atom. The van der Waals surface area contributed by atoms with Gasteiger partial charge in [-0.25, -0.2) is 0 Å². The van der Waals surface area contributed by atoms with Crippen molar-refractivity contribution in [1.82, 2.24) is 0 Å². The van der Waals surface area contributed by atoms with Crippen molar-refractivity contribution in [1.29, 1.82) is 0 Å². The first kappa shape index (κ1) is 11.5. The van der Waals surface area contributed by atoms with Gasteiger partial charge in [0.05, 0.1) is 17.8 Å². The molecule has 0 aliphatic heterocycles. The van der Waals surface area contributed by atoms with Gasteiger partial charge in [0.25, 0.3) is 0 Å². The number of Topliss-reactive ketones (excluding diaryl/α,β-unsaturated/α-hetero) is 2. The number of hydrogen-bond acceptors (Lipinski definition) is 3. The van der Waals surface area contributed by atoms with E-state index in [4.69, 9.17) is 0 Å². The number of aliphatic imine (C=N–C) groups is 1. The number of fused-ring (bicyclic) bond motifs is 1. The summed E-state index contributed by atoms with van der Waals surface area (Å²) in [4.78, 5) is 28.0. The second kappa shape index (κ2) is 4.61. The highest BCUT2D eigenvalue weighted by Crippen LogP contribution is 2.22. The molecule has 3 nitrogen and oxygen atoms in total. The van der Waals surface area contributed by atoms with E-state index >= 15 is 0 Å². The van der Waals surface area contributed by atoms with Gasteiger partial charge in [0, 0.05) is 11.1 Å². The molecule has 0 aromatic heterocycles. The highest BCUT2D eigenvalue weighted by Gasteiger charge is 2.28. The second-order valence-electron chi connectivity index (χ2n) is 4.37. The quantitative estimate of drug-likeness (QED) is 0.729. The fraction of sp³-hybridized carbons (Fsp3) is 0.0625. The summed E-state index contributed by atoms with van der Waals surface area (Å²) in [6.45, 7) is 0. The standard InChI is InChI=1S/C16H11NO2/c18-15-10-14(17-11-6-2-1-3-7-11)12-8-4-5-9-13(12)16(15)19/h1-9H,10H2. The largest absolute Gasteiger partial charge is 0.290 e. The third kappa shape index (κ3) is 2.10. The number of carbonyl (C=O) groups is 2. The van der Waals surface area contributed by atoms with Crippen LogP contribution in [-0.2, 0) is 4.79 Å². The fourth-order valence-corrected chi connectivity index (χ4v) is 2.17. The minimum absolute atomic E-state index is 0.0741. The highest BCUT2D eigenvalue weighted by atomic mass is 16.2. The van der Waals surface area contributed by atoms with Crippen LogP contribution in [0.4, 0.5) is 5.69 Å². The van der Waals surface area contributed by atoms with E-state index in [1.807, 2.05) is 42.5 Å². The summed E-state index contributed by atoms with van der Waals surface area (Å²) in [7, 11) is 0. The van der Waals surface area contributed by atoms with Crippen LogP contribution in [-0.4, -0.2) is 17.3 Å². The molecule has 0 bridgehead atoms.